The number of hydrogen-bond acceptors (Lipinski definition) is 6. The summed E-state index contributed by atoms with van der Waals surface area (Å²) >= 11 is 1.29. The van der Waals surface area contributed by atoms with Crippen molar-refractivity contribution < 1.29 is 4.79 Å². The Morgan fingerprint density at radius 1 is 1.21 bits per heavy atom. The van der Waals surface area contributed by atoms with Gasteiger partial charge in [0.2, 0.25) is 10.1 Å². The van der Waals surface area contributed by atoms with Crippen molar-refractivity contribution in [2.75, 3.05) is 5.32 Å². The van der Waals surface area contributed by atoms with Crippen LogP contribution in [-0.2, 0) is 0 Å². The maximum Gasteiger partial charge on any atom is 0.283 e. The van der Waals surface area contributed by atoms with Crippen molar-refractivity contribution in [3.8, 4) is 0 Å². The molecule has 0 aliphatic heterocycles. The summed E-state index contributed by atoms with van der Waals surface area (Å²) in [6, 6.07) is 13.1. The van der Waals surface area contributed by atoms with Gasteiger partial charge in [-0.1, -0.05) is 29.5 Å². The van der Waals surface area contributed by atoms with E-state index < -0.39 is 0 Å². The van der Waals surface area contributed by atoms with E-state index in [1.165, 1.54) is 15.9 Å². The number of rotatable bonds is 4. The molecule has 7 nitrogen and oxygen atoms in total. The van der Waals surface area contributed by atoms with E-state index in [2.05, 4.69) is 20.7 Å². The fourth-order valence-corrected chi connectivity index (χ4v) is 3.84. The first-order valence-electron chi connectivity index (χ1n) is 9.06. The largest absolute Gasteiger partial charge is 0.349 e. The van der Waals surface area contributed by atoms with Crippen molar-refractivity contribution in [3.05, 3.63) is 63.9 Å². The number of aromatic nitrogens is 3. The molecule has 4 aromatic rings. The Morgan fingerprint density at radius 3 is 2.82 bits per heavy atom. The highest BCUT2D eigenvalue weighted by atomic mass is 32.1. The molecule has 0 atom stereocenters. The van der Waals surface area contributed by atoms with Crippen molar-refractivity contribution in [3.63, 3.8) is 0 Å². The molecular weight excluding hydrogens is 374 g/mol. The molecule has 140 valence electrons. The highest BCUT2D eigenvalue weighted by Crippen LogP contribution is 2.25. The average Bonchev–Trinajstić information content (AvgIpc) is 3.41. The Balaban J connectivity index is 1.55. The van der Waals surface area contributed by atoms with E-state index in [9.17, 15) is 9.59 Å². The van der Waals surface area contributed by atoms with Gasteiger partial charge in [-0.25, -0.2) is 4.98 Å². The molecule has 1 aliphatic rings. The fourth-order valence-electron chi connectivity index (χ4n) is 3.02. The van der Waals surface area contributed by atoms with Crippen LogP contribution in [0.1, 0.15) is 28.8 Å². The van der Waals surface area contributed by atoms with Gasteiger partial charge in [0.15, 0.2) is 0 Å². The van der Waals surface area contributed by atoms with Crippen LogP contribution in [0, 0.1) is 6.92 Å². The van der Waals surface area contributed by atoms with Crippen molar-refractivity contribution in [1.29, 1.82) is 0 Å². The minimum Gasteiger partial charge on any atom is -0.349 e. The molecule has 1 fully saturated rings. The Morgan fingerprint density at radius 2 is 2.04 bits per heavy atom. The van der Waals surface area contributed by atoms with E-state index in [1.54, 1.807) is 18.2 Å². The number of nitrogens with zero attached hydrogens (tertiary/aromatic N) is 3. The maximum absolute atomic E-state index is 12.8. The number of nitrogens with one attached hydrogen (secondary N) is 2. The van der Waals surface area contributed by atoms with Crippen LogP contribution in [0.2, 0.25) is 0 Å². The zero-order valence-corrected chi connectivity index (χ0v) is 15.9. The number of fused-ring (bicyclic) bond motifs is 2. The molecule has 0 spiro atoms. The number of para-hydroxylation sites is 1. The van der Waals surface area contributed by atoms with E-state index in [1.807, 2.05) is 31.2 Å². The number of carbonyl (C=O) groups excluding carboxylic acids is 1. The molecular formula is C20H17N5O2S. The summed E-state index contributed by atoms with van der Waals surface area (Å²) in [6.07, 6.45) is 2.05. The molecule has 2 N–H and O–H groups in total. The van der Waals surface area contributed by atoms with E-state index in [4.69, 9.17) is 0 Å². The fraction of sp³-hybridized carbons (Fsp3) is 0.200. The highest BCUT2D eigenvalue weighted by molar-refractivity contribution is 7.20. The highest BCUT2D eigenvalue weighted by Gasteiger charge is 2.24. The van der Waals surface area contributed by atoms with Crippen LogP contribution < -0.4 is 16.2 Å². The quantitative estimate of drug-likeness (QED) is 0.558. The van der Waals surface area contributed by atoms with E-state index >= 15 is 0 Å². The molecule has 0 saturated heterocycles. The van der Waals surface area contributed by atoms with Crippen molar-refractivity contribution in [1.82, 2.24) is 19.9 Å². The van der Waals surface area contributed by atoms with Gasteiger partial charge in [-0.05, 0) is 49.6 Å². The third kappa shape index (κ3) is 3.01. The molecule has 5 rings (SSSR count). The van der Waals surface area contributed by atoms with Crippen molar-refractivity contribution >= 4 is 43.9 Å². The molecule has 1 aliphatic carbocycles. The molecule has 1 saturated carbocycles. The molecule has 28 heavy (non-hydrogen) atoms. The molecule has 2 heterocycles. The number of hydrogen-bond donors (Lipinski definition) is 2. The van der Waals surface area contributed by atoms with Crippen LogP contribution in [0.25, 0.3) is 15.9 Å². The van der Waals surface area contributed by atoms with Crippen LogP contribution in [0.4, 0.5) is 10.8 Å². The number of amides is 1. The summed E-state index contributed by atoms with van der Waals surface area (Å²) in [5.74, 6) is -0.127. The van der Waals surface area contributed by atoms with E-state index in [0.717, 1.165) is 24.1 Å². The zero-order chi connectivity index (χ0) is 19.3. The zero-order valence-electron chi connectivity index (χ0n) is 15.1. The van der Waals surface area contributed by atoms with Crippen LogP contribution in [0.3, 0.4) is 0 Å². The minimum atomic E-state index is -0.247. The summed E-state index contributed by atoms with van der Waals surface area (Å²) in [5, 5.41) is 11.6. The van der Waals surface area contributed by atoms with Gasteiger partial charge in [-0.15, -0.1) is 5.10 Å². The van der Waals surface area contributed by atoms with Gasteiger partial charge in [0, 0.05) is 17.3 Å². The van der Waals surface area contributed by atoms with Gasteiger partial charge in [-0.3, -0.25) is 9.59 Å². The number of aryl methyl sites for hydroxylation is 1. The molecule has 2 aromatic carbocycles. The summed E-state index contributed by atoms with van der Waals surface area (Å²) in [6.45, 7) is 2.00. The van der Waals surface area contributed by atoms with Gasteiger partial charge in [-0.2, -0.15) is 4.52 Å². The first kappa shape index (κ1) is 16.9. The molecule has 8 heteroatoms. The van der Waals surface area contributed by atoms with Crippen molar-refractivity contribution in [2.24, 2.45) is 0 Å². The second-order valence-corrected chi connectivity index (χ2v) is 7.89. The van der Waals surface area contributed by atoms with Gasteiger partial charge >= 0.3 is 0 Å². The predicted octanol–water partition coefficient (Wildman–Crippen LogP) is 3.25. The summed E-state index contributed by atoms with van der Waals surface area (Å²) in [4.78, 5) is 30.2. The first-order valence-corrected chi connectivity index (χ1v) is 9.87. The monoisotopic (exact) mass is 391 g/mol. The SMILES string of the molecule is Cc1ccccc1Nc1nn2c(=O)c3ccc(C(=O)NC4CC4)cc3nc2s1. The average molecular weight is 391 g/mol. The van der Waals surface area contributed by atoms with Crippen LogP contribution in [0.5, 0.6) is 0 Å². The van der Waals surface area contributed by atoms with Gasteiger partial charge in [0.25, 0.3) is 11.5 Å². The Labute approximate surface area is 164 Å². The number of anilines is 2. The number of benzene rings is 2. The predicted molar refractivity (Wildman–Crippen MR) is 110 cm³/mol. The lowest BCUT2D eigenvalue weighted by atomic mass is 10.1. The molecule has 1 amide bonds. The van der Waals surface area contributed by atoms with Gasteiger partial charge in [0.1, 0.15) is 0 Å². The Kier molecular flexibility index (Phi) is 3.87. The Hall–Kier alpha value is -3.26. The van der Waals surface area contributed by atoms with Gasteiger partial charge < -0.3 is 10.6 Å². The Bertz CT molecular complexity index is 1290. The second kappa shape index (κ2) is 6.42. The summed E-state index contributed by atoms with van der Waals surface area (Å²) in [7, 11) is 0. The lowest BCUT2D eigenvalue weighted by Gasteiger charge is -2.04. The van der Waals surface area contributed by atoms with Crippen molar-refractivity contribution in [2.45, 2.75) is 25.8 Å². The standard InChI is InChI=1S/C20H17N5O2S/c1-11-4-2-3-5-15(11)22-19-24-25-18(27)14-9-6-12(17(26)21-13-7-8-13)10-16(14)23-20(25)28-19/h2-6,9-10,13H,7-8H2,1H3,(H,21,26)(H,22,24). The van der Waals surface area contributed by atoms with E-state index in [0.29, 0.717) is 26.6 Å². The summed E-state index contributed by atoms with van der Waals surface area (Å²) in [5.41, 5.74) is 2.78. The molecule has 2 aromatic heterocycles. The summed E-state index contributed by atoms with van der Waals surface area (Å²) < 4.78 is 1.30. The third-order valence-corrected chi connectivity index (χ3v) is 5.58. The van der Waals surface area contributed by atoms with Gasteiger partial charge in [0.05, 0.1) is 10.9 Å². The normalized spacial score (nSPS) is 13.8. The number of carbonyl (C=O) groups is 1. The smallest absolute Gasteiger partial charge is 0.283 e. The first-order chi connectivity index (χ1) is 13.6. The lowest BCUT2D eigenvalue weighted by molar-refractivity contribution is 0.0951. The van der Waals surface area contributed by atoms with Crippen LogP contribution in [-0.4, -0.2) is 26.5 Å². The third-order valence-electron chi connectivity index (χ3n) is 4.76. The van der Waals surface area contributed by atoms with E-state index in [-0.39, 0.29) is 17.5 Å². The second-order valence-electron chi connectivity index (χ2n) is 6.94. The van der Waals surface area contributed by atoms with Crippen LogP contribution in [0.15, 0.2) is 47.3 Å². The topological polar surface area (TPSA) is 88.4 Å². The minimum absolute atomic E-state index is 0.127. The molecule has 0 bridgehead atoms. The maximum atomic E-state index is 12.8. The molecule has 0 unspecified atom stereocenters. The molecule has 0 radical (unpaired) electrons. The van der Waals surface area contributed by atoms with Crippen LogP contribution >= 0.6 is 11.3 Å². The lowest BCUT2D eigenvalue weighted by Crippen LogP contribution is -2.25.